The van der Waals surface area contributed by atoms with Crippen molar-refractivity contribution in [2.75, 3.05) is 38.7 Å². The van der Waals surface area contributed by atoms with E-state index in [2.05, 4.69) is 14.6 Å². The predicted octanol–water partition coefficient (Wildman–Crippen LogP) is 2.28. The third-order valence-electron chi connectivity index (χ3n) is 6.96. The summed E-state index contributed by atoms with van der Waals surface area (Å²) in [6, 6.07) is 8.37. The van der Waals surface area contributed by atoms with Gasteiger partial charge in [0.05, 0.1) is 48.5 Å². The lowest BCUT2D eigenvalue weighted by molar-refractivity contribution is 0.154. The number of hydrogen-bond donors (Lipinski definition) is 1. The average molecular weight is 577 g/mol. The zero-order valence-electron chi connectivity index (χ0n) is 21.2. The van der Waals surface area contributed by atoms with Gasteiger partial charge in [-0.1, -0.05) is 23.7 Å². The number of hydrogen-bond acceptors (Lipinski definition) is 7. The summed E-state index contributed by atoms with van der Waals surface area (Å²) in [7, 11) is -5.10. The topological polar surface area (TPSA) is 117 Å². The van der Waals surface area contributed by atoms with Crippen LogP contribution in [-0.4, -0.2) is 79.3 Å². The van der Waals surface area contributed by atoms with Crippen LogP contribution in [0.5, 0.6) is 0 Å². The number of aromatic nitrogens is 3. The van der Waals surface area contributed by atoms with Crippen molar-refractivity contribution < 1.29 is 16.8 Å². The van der Waals surface area contributed by atoms with E-state index < -0.39 is 26.1 Å². The Morgan fingerprint density at radius 2 is 1.82 bits per heavy atom. The molecule has 0 amide bonds. The lowest BCUT2D eigenvalue weighted by Crippen LogP contribution is -2.49. The van der Waals surface area contributed by atoms with Crippen LogP contribution in [0.15, 0.2) is 49.1 Å². The molecule has 0 bridgehead atoms. The maximum absolute atomic E-state index is 12.6. The third-order valence-corrected chi connectivity index (χ3v) is 9.16. The Labute approximate surface area is 228 Å². The molecule has 202 valence electrons. The number of benzene rings is 1. The number of fused-ring (bicyclic) bond motifs is 2. The fraction of sp³-hybridized carbons (Fsp3) is 0.360. The van der Waals surface area contributed by atoms with Crippen molar-refractivity contribution in [3.05, 3.63) is 82.2 Å². The number of aryl methyl sites for hydroxylation is 1. The highest BCUT2D eigenvalue weighted by Crippen LogP contribution is 2.44. The maximum Gasteiger partial charge on any atom is 0.211 e. The summed E-state index contributed by atoms with van der Waals surface area (Å²) >= 11 is 6.52. The minimum Gasteiger partial charge on any atom is -0.336 e. The lowest BCUT2D eigenvalue weighted by Gasteiger charge is -2.39. The SMILES string of the molecule is Cn1cncc1C(NS(C)(=O)=O)C1=Cc2cccnc2C(N2CCN(S(C)(=O)=O)CC2)c2ccc(Cl)cc21. The number of halogens is 1. The van der Waals surface area contributed by atoms with E-state index in [9.17, 15) is 16.8 Å². The number of nitrogens with one attached hydrogen (secondary N) is 1. The van der Waals surface area contributed by atoms with Gasteiger partial charge in [-0.15, -0.1) is 0 Å². The summed E-state index contributed by atoms with van der Waals surface area (Å²) in [5.41, 5.74) is 4.72. The number of nitrogens with zero attached hydrogens (tertiary/aromatic N) is 5. The molecular weight excluding hydrogens is 548 g/mol. The molecular formula is C25H29ClN6O4S2. The van der Waals surface area contributed by atoms with Gasteiger partial charge in [0.2, 0.25) is 20.0 Å². The first-order valence-electron chi connectivity index (χ1n) is 12.0. The Kier molecular flexibility index (Phi) is 7.22. The van der Waals surface area contributed by atoms with Crippen LogP contribution >= 0.6 is 11.6 Å². The average Bonchev–Trinajstić information content (AvgIpc) is 3.21. The fourth-order valence-electron chi connectivity index (χ4n) is 5.23. The van der Waals surface area contributed by atoms with Gasteiger partial charge in [-0.3, -0.25) is 9.88 Å². The molecule has 1 aromatic carbocycles. The van der Waals surface area contributed by atoms with Crippen LogP contribution in [0.1, 0.15) is 40.2 Å². The van der Waals surface area contributed by atoms with E-state index in [4.69, 9.17) is 16.6 Å². The highest BCUT2D eigenvalue weighted by molar-refractivity contribution is 7.88. The largest absolute Gasteiger partial charge is 0.336 e. The molecule has 13 heteroatoms. The van der Waals surface area contributed by atoms with Crippen molar-refractivity contribution in [1.29, 1.82) is 0 Å². The van der Waals surface area contributed by atoms with Crippen LogP contribution in [0.2, 0.25) is 5.02 Å². The smallest absolute Gasteiger partial charge is 0.211 e. The van der Waals surface area contributed by atoms with Gasteiger partial charge >= 0.3 is 0 Å². The third kappa shape index (κ3) is 5.42. The summed E-state index contributed by atoms with van der Waals surface area (Å²) < 4.78 is 55.5. The first-order valence-corrected chi connectivity index (χ1v) is 16.1. The van der Waals surface area contributed by atoms with Crippen LogP contribution in [0.25, 0.3) is 11.6 Å². The van der Waals surface area contributed by atoms with Crippen molar-refractivity contribution in [2.45, 2.75) is 12.1 Å². The van der Waals surface area contributed by atoms with E-state index in [0.29, 0.717) is 42.5 Å². The predicted molar refractivity (Wildman–Crippen MR) is 147 cm³/mol. The minimum atomic E-state index is -3.62. The zero-order valence-corrected chi connectivity index (χ0v) is 23.6. The molecule has 3 aromatic rings. The summed E-state index contributed by atoms with van der Waals surface area (Å²) in [6.45, 7) is 1.76. The molecule has 1 saturated heterocycles. The van der Waals surface area contributed by atoms with E-state index in [-0.39, 0.29) is 6.04 Å². The zero-order chi connectivity index (χ0) is 27.2. The highest BCUT2D eigenvalue weighted by Gasteiger charge is 2.36. The molecule has 3 heterocycles. The quantitative estimate of drug-likeness (QED) is 0.478. The number of piperazine rings is 1. The first-order chi connectivity index (χ1) is 17.9. The molecule has 0 saturated carbocycles. The number of sulfonamides is 2. The highest BCUT2D eigenvalue weighted by atomic mass is 35.5. The molecule has 2 unspecified atom stereocenters. The normalized spacial score (nSPS) is 19.8. The standard InChI is InChI=1S/C25H29ClN6O4S2/c1-30-16-27-15-22(30)24(29-37(2,33)34)21-13-17-5-4-8-28-23(17)25(19-7-6-18(26)14-20(19)21)31-9-11-32(12-10-31)38(3,35)36/h4-8,13-16,24-25,29H,9-12H2,1-3H3. The molecule has 1 aliphatic carbocycles. The van der Waals surface area contributed by atoms with Gasteiger partial charge in [-0.05, 0) is 46.5 Å². The van der Waals surface area contributed by atoms with Crippen molar-refractivity contribution in [2.24, 2.45) is 7.05 Å². The molecule has 5 rings (SSSR count). The van der Waals surface area contributed by atoms with Gasteiger partial charge in [-0.2, -0.15) is 4.31 Å². The van der Waals surface area contributed by atoms with E-state index >= 15 is 0 Å². The van der Waals surface area contributed by atoms with Gasteiger partial charge in [0, 0.05) is 44.4 Å². The van der Waals surface area contributed by atoms with Gasteiger partial charge in [0.15, 0.2) is 0 Å². The van der Waals surface area contributed by atoms with E-state index in [1.165, 1.54) is 10.6 Å². The van der Waals surface area contributed by atoms with Gasteiger partial charge in [-0.25, -0.2) is 26.5 Å². The molecule has 1 fully saturated rings. The Hall–Kier alpha value is -2.61. The molecule has 2 aliphatic rings. The van der Waals surface area contributed by atoms with Crippen molar-refractivity contribution in [3.63, 3.8) is 0 Å². The van der Waals surface area contributed by atoms with Crippen LogP contribution in [0, 0.1) is 0 Å². The van der Waals surface area contributed by atoms with E-state index in [0.717, 1.165) is 28.6 Å². The van der Waals surface area contributed by atoms with Crippen molar-refractivity contribution >= 4 is 43.3 Å². The van der Waals surface area contributed by atoms with Crippen molar-refractivity contribution in [1.82, 2.24) is 28.5 Å². The molecule has 1 aliphatic heterocycles. The molecule has 2 atom stereocenters. The second kappa shape index (κ2) is 10.2. The van der Waals surface area contributed by atoms with Gasteiger partial charge < -0.3 is 4.57 Å². The van der Waals surface area contributed by atoms with Crippen LogP contribution in [0.4, 0.5) is 0 Å². The minimum absolute atomic E-state index is 0.292. The van der Waals surface area contributed by atoms with Crippen molar-refractivity contribution in [3.8, 4) is 0 Å². The van der Waals surface area contributed by atoms with Crippen LogP contribution in [-0.2, 0) is 27.1 Å². The monoisotopic (exact) mass is 576 g/mol. The molecule has 1 N–H and O–H groups in total. The summed E-state index contributed by atoms with van der Waals surface area (Å²) in [6.07, 6.45) is 9.32. The lowest BCUT2D eigenvalue weighted by atomic mass is 9.90. The number of rotatable bonds is 6. The second-order valence-corrected chi connectivity index (χ2v) is 13.9. The Bertz CT molecular complexity index is 1610. The molecule has 2 aromatic heterocycles. The Balaban J connectivity index is 1.70. The summed E-state index contributed by atoms with van der Waals surface area (Å²) in [4.78, 5) is 11.2. The van der Waals surface area contributed by atoms with Gasteiger partial charge in [0.25, 0.3) is 0 Å². The van der Waals surface area contributed by atoms with Crippen LogP contribution < -0.4 is 4.72 Å². The molecule has 38 heavy (non-hydrogen) atoms. The van der Waals surface area contributed by atoms with E-state index in [1.807, 2.05) is 43.5 Å². The summed E-state index contributed by atoms with van der Waals surface area (Å²) in [5.74, 6) is 0. The first kappa shape index (κ1) is 27.0. The second-order valence-electron chi connectivity index (χ2n) is 9.66. The molecule has 0 radical (unpaired) electrons. The summed E-state index contributed by atoms with van der Waals surface area (Å²) in [5, 5.41) is 0.511. The Morgan fingerprint density at radius 1 is 1.08 bits per heavy atom. The Morgan fingerprint density at radius 3 is 2.45 bits per heavy atom. The number of pyridine rings is 1. The fourth-order valence-corrected chi connectivity index (χ4v) is 6.91. The van der Waals surface area contributed by atoms with E-state index in [1.54, 1.807) is 23.3 Å². The van der Waals surface area contributed by atoms with Crippen LogP contribution in [0.3, 0.4) is 0 Å². The molecule has 0 spiro atoms. The maximum atomic E-state index is 12.6. The molecule has 10 nitrogen and oxygen atoms in total. The van der Waals surface area contributed by atoms with Gasteiger partial charge in [0.1, 0.15) is 0 Å². The number of imidazole rings is 1.